The van der Waals surface area contributed by atoms with Crippen molar-refractivity contribution in [2.24, 2.45) is 5.92 Å². The van der Waals surface area contributed by atoms with Crippen LogP contribution in [0.15, 0.2) is 54.6 Å². The molecule has 3 aromatic rings. The van der Waals surface area contributed by atoms with Gasteiger partial charge in [-0.15, -0.1) is 0 Å². The Balaban J connectivity index is 1.75. The van der Waals surface area contributed by atoms with Crippen LogP contribution in [0.3, 0.4) is 0 Å². The van der Waals surface area contributed by atoms with E-state index in [1.807, 2.05) is 0 Å². The maximum absolute atomic E-state index is 10.5. The highest BCUT2D eigenvalue weighted by Gasteiger charge is 2.38. The quantitative estimate of drug-likeness (QED) is 0.425. The van der Waals surface area contributed by atoms with Crippen molar-refractivity contribution in [3.63, 3.8) is 0 Å². The largest absolute Gasteiger partial charge is 0.508 e. The van der Waals surface area contributed by atoms with Gasteiger partial charge in [0, 0.05) is 17.5 Å². The first-order chi connectivity index (χ1) is 14.9. The molecule has 0 spiro atoms. The molecule has 0 aromatic heterocycles. The number of ether oxygens (including phenoxy) is 2. The van der Waals surface area contributed by atoms with Gasteiger partial charge in [0.15, 0.2) is 17.8 Å². The molecular weight excluding hydrogens is 400 g/mol. The van der Waals surface area contributed by atoms with E-state index in [-0.39, 0.29) is 35.5 Å². The Morgan fingerprint density at radius 3 is 2.23 bits per heavy atom. The first kappa shape index (κ1) is 20.8. The summed E-state index contributed by atoms with van der Waals surface area (Å²) in [5.74, 6) is -0.388. The normalized spacial score (nSPS) is 20.6. The zero-order chi connectivity index (χ0) is 22.1. The number of aromatic hydroxyl groups is 4. The lowest BCUT2D eigenvalue weighted by atomic mass is 9.82. The third-order valence-electron chi connectivity index (χ3n) is 5.67. The summed E-state index contributed by atoms with van der Waals surface area (Å²) < 4.78 is 11.0. The number of hydrogen-bond donors (Lipinski definition) is 5. The lowest BCUT2D eigenvalue weighted by Gasteiger charge is -2.23. The van der Waals surface area contributed by atoms with Gasteiger partial charge in [-0.1, -0.05) is 18.2 Å². The number of aliphatic hydroxyl groups excluding tert-OH is 1. The summed E-state index contributed by atoms with van der Waals surface area (Å²) in [7, 11) is 1.48. The van der Waals surface area contributed by atoms with Gasteiger partial charge in [-0.2, -0.15) is 0 Å². The monoisotopic (exact) mass is 424 g/mol. The van der Waals surface area contributed by atoms with Gasteiger partial charge in [-0.05, 0) is 59.4 Å². The van der Waals surface area contributed by atoms with E-state index in [9.17, 15) is 25.5 Å². The fourth-order valence-electron chi connectivity index (χ4n) is 4.31. The summed E-state index contributed by atoms with van der Waals surface area (Å²) >= 11 is 0. The zero-order valence-corrected chi connectivity index (χ0v) is 16.9. The minimum absolute atomic E-state index is 0.00788. The van der Waals surface area contributed by atoms with Gasteiger partial charge >= 0.3 is 0 Å². The lowest BCUT2D eigenvalue weighted by Crippen LogP contribution is -2.20. The highest BCUT2D eigenvalue weighted by molar-refractivity contribution is 5.77. The predicted octanol–water partition coefficient (Wildman–Crippen LogP) is 3.48. The molecule has 7 heteroatoms. The van der Waals surface area contributed by atoms with Gasteiger partial charge in [-0.3, -0.25) is 0 Å². The SMILES string of the molecule is COc1c(O)ccc(C[C@@H]2CO[C@H](O)[C@H]2c2cc(O)cc(O)c2)c1-c1ccc(O)cc1. The van der Waals surface area contributed by atoms with Crippen LogP contribution in [-0.4, -0.2) is 45.5 Å². The molecule has 1 aliphatic heterocycles. The molecule has 0 aliphatic carbocycles. The predicted molar refractivity (Wildman–Crippen MR) is 113 cm³/mol. The van der Waals surface area contributed by atoms with Crippen LogP contribution in [0.2, 0.25) is 0 Å². The molecular formula is C24H24O7. The van der Waals surface area contributed by atoms with Crippen LogP contribution in [0.1, 0.15) is 17.0 Å². The molecule has 1 aliphatic rings. The van der Waals surface area contributed by atoms with Crippen LogP contribution in [0.5, 0.6) is 28.7 Å². The number of methoxy groups -OCH3 is 1. The van der Waals surface area contributed by atoms with Crippen LogP contribution in [-0.2, 0) is 11.2 Å². The van der Waals surface area contributed by atoms with Crippen molar-refractivity contribution >= 4 is 0 Å². The summed E-state index contributed by atoms with van der Waals surface area (Å²) in [4.78, 5) is 0. The smallest absolute Gasteiger partial charge is 0.168 e. The lowest BCUT2D eigenvalue weighted by molar-refractivity contribution is -0.0678. The molecule has 1 heterocycles. The Labute approximate surface area is 179 Å². The fourth-order valence-corrected chi connectivity index (χ4v) is 4.31. The maximum Gasteiger partial charge on any atom is 0.168 e. The first-order valence-electron chi connectivity index (χ1n) is 9.88. The van der Waals surface area contributed by atoms with Crippen molar-refractivity contribution in [1.29, 1.82) is 0 Å². The van der Waals surface area contributed by atoms with Crippen LogP contribution >= 0.6 is 0 Å². The summed E-state index contributed by atoms with van der Waals surface area (Å²) in [5, 5.41) is 50.2. The Morgan fingerprint density at radius 2 is 1.58 bits per heavy atom. The van der Waals surface area contributed by atoms with E-state index in [0.717, 1.165) is 11.1 Å². The molecule has 162 valence electrons. The molecule has 0 bridgehead atoms. The van der Waals surface area contributed by atoms with E-state index >= 15 is 0 Å². The molecule has 4 rings (SSSR count). The second-order valence-electron chi connectivity index (χ2n) is 7.70. The van der Waals surface area contributed by atoms with Crippen molar-refractivity contribution in [2.75, 3.05) is 13.7 Å². The number of phenolic OH excluding ortho intramolecular Hbond substituents is 4. The molecule has 5 N–H and O–H groups in total. The highest BCUT2D eigenvalue weighted by Crippen LogP contribution is 2.45. The summed E-state index contributed by atoms with van der Waals surface area (Å²) in [6.07, 6.45) is -0.604. The van der Waals surface area contributed by atoms with E-state index in [2.05, 4.69) is 0 Å². The van der Waals surface area contributed by atoms with E-state index in [4.69, 9.17) is 9.47 Å². The number of rotatable bonds is 5. The van der Waals surface area contributed by atoms with Crippen molar-refractivity contribution in [3.8, 4) is 39.9 Å². The van der Waals surface area contributed by atoms with Crippen LogP contribution in [0.25, 0.3) is 11.1 Å². The minimum atomic E-state index is -1.08. The van der Waals surface area contributed by atoms with E-state index < -0.39 is 12.2 Å². The summed E-state index contributed by atoms with van der Waals surface area (Å²) in [5.41, 5.74) is 2.87. The maximum atomic E-state index is 10.5. The first-order valence-corrected chi connectivity index (χ1v) is 9.88. The second-order valence-corrected chi connectivity index (χ2v) is 7.70. The number of aliphatic hydroxyl groups is 1. The standard InChI is InChI=1S/C24H24O7/c1-30-23-20(28)7-4-14(21(23)13-2-5-17(25)6-3-13)8-16-12-31-24(29)22(16)15-9-18(26)11-19(27)10-15/h2-7,9-11,16,22,24-29H,8,12H2,1H3/t16-,22+,24+/m1/s1. The zero-order valence-electron chi connectivity index (χ0n) is 16.9. The Morgan fingerprint density at radius 1 is 0.903 bits per heavy atom. The van der Waals surface area contributed by atoms with Crippen LogP contribution < -0.4 is 4.74 Å². The third-order valence-corrected chi connectivity index (χ3v) is 5.67. The van der Waals surface area contributed by atoms with Crippen LogP contribution in [0.4, 0.5) is 0 Å². The van der Waals surface area contributed by atoms with Gasteiger partial charge in [0.25, 0.3) is 0 Å². The molecule has 0 saturated carbocycles. The Hall–Kier alpha value is -3.42. The summed E-state index contributed by atoms with van der Waals surface area (Å²) in [6, 6.07) is 14.2. The van der Waals surface area contributed by atoms with Crippen molar-refractivity contribution in [1.82, 2.24) is 0 Å². The van der Waals surface area contributed by atoms with Gasteiger partial charge in [0.1, 0.15) is 17.2 Å². The van der Waals surface area contributed by atoms with Crippen molar-refractivity contribution in [2.45, 2.75) is 18.6 Å². The van der Waals surface area contributed by atoms with E-state index in [1.54, 1.807) is 36.4 Å². The van der Waals surface area contributed by atoms with Gasteiger partial charge in [-0.25, -0.2) is 0 Å². The van der Waals surface area contributed by atoms with Gasteiger partial charge in [0.2, 0.25) is 0 Å². The minimum Gasteiger partial charge on any atom is -0.508 e. The number of hydrogen-bond acceptors (Lipinski definition) is 7. The van der Waals surface area contributed by atoms with E-state index in [1.165, 1.54) is 25.3 Å². The van der Waals surface area contributed by atoms with Gasteiger partial charge < -0.3 is 35.0 Å². The molecule has 0 radical (unpaired) electrons. The van der Waals surface area contributed by atoms with Gasteiger partial charge in [0.05, 0.1) is 13.7 Å². The molecule has 3 atom stereocenters. The van der Waals surface area contributed by atoms with Crippen molar-refractivity contribution in [3.05, 3.63) is 65.7 Å². The van der Waals surface area contributed by atoms with Crippen LogP contribution in [0, 0.1) is 5.92 Å². The topological polar surface area (TPSA) is 120 Å². The molecule has 1 fully saturated rings. The Kier molecular flexibility index (Phi) is 5.63. The second kappa shape index (κ2) is 8.37. The van der Waals surface area contributed by atoms with E-state index in [0.29, 0.717) is 23.3 Å². The molecule has 0 unspecified atom stereocenters. The number of phenols is 4. The molecule has 31 heavy (non-hydrogen) atoms. The Bertz CT molecular complexity index is 1060. The fraction of sp³-hybridized carbons (Fsp3) is 0.250. The molecule has 3 aromatic carbocycles. The summed E-state index contributed by atoms with van der Waals surface area (Å²) in [6.45, 7) is 0.278. The molecule has 0 amide bonds. The molecule has 7 nitrogen and oxygen atoms in total. The van der Waals surface area contributed by atoms with Crippen molar-refractivity contribution < 1.29 is 35.0 Å². The highest BCUT2D eigenvalue weighted by atomic mass is 16.6. The number of benzene rings is 3. The molecule has 1 saturated heterocycles. The average molecular weight is 424 g/mol. The third kappa shape index (κ3) is 4.10. The average Bonchev–Trinajstić information content (AvgIpc) is 3.09.